The van der Waals surface area contributed by atoms with Gasteiger partial charge in [-0.15, -0.1) is 0 Å². The first-order chi connectivity index (χ1) is 30.6. The van der Waals surface area contributed by atoms with Crippen molar-refractivity contribution in [1.82, 2.24) is 34.5 Å². The van der Waals surface area contributed by atoms with Crippen LogP contribution in [0.2, 0.25) is 5.02 Å². The van der Waals surface area contributed by atoms with Gasteiger partial charge in [-0.2, -0.15) is 10.1 Å². The zero-order valence-electron chi connectivity index (χ0n) is 35.1. The summed E-state index contributed by atoms with van der Waals surface area (Å²) in [7, 11) is 3.01. The van der Waals surface area contributed by atoms with E-state index in [1.165, 1.54) is 40.7 Å². The van der Waals surface area contributed by atoms with Crippen molar-refractivity contribution in [2.75, 3.05) is 54.9 Å². The van der Waals surface area contributed by atoms with Crippen LogP contribution in [-0.2, 0) is 23.7 Å². The maximum Gasteiger partial charge on any atom is 0.301 e. The summed E-state index contributed by atoms with van der Waals surface area (Å²) in [6, 6.07) is 2.64. The molecular formula is C44H46ClF5N10O4. The van der Waals surface area contributed by atoms with Crippen molar-refractivity contribution in [3.63, 3.8) is 0 Å². The van der Waals surface area contributed by atoms with E-state index in [1.807, 2.05) is 4.90 Å². The van der Waals surface area contributed by atoms with E-state index < -0.39 is 53.4 Å². The number of alkyl halides is 2. The van der Waals surface area contributed by atoms with Crippen LogP contribution < -0.4 is 31.1 Å². The third kappa shape index (κ3) is 7.56. The molecule has 2 amide bonds. The molecule has 0 bridgehead atoms. The topological polar surface area (TPSA) is 152 Å². The lowest BCUT2D eigenvalue weighted by molar-refractivity contribution is -0.134. The quantitative estimate of drug-likeness (QED) is 0.111. The number of hydrogen-bond donors (Lipinski definition) is 3. The van der Waals surface area contributed by atoms with Gasteiger partial charge in [-0.3, -0.25) is 24.4 Å². The van der Waals surface area contributed by atoms with Crippen LogP contribution >= 0.6 is 11.6 Å². The Hall–Kier alpha value is -5.56. The number of hydrogen-bond acceptors (Lipinski definition) is 11. The number of benzene rings is 2. The summed E-state index contributed by atoms with van der Waals surface area (Å²) in [5.41, 5.74) is 0.0412. The van der Waals surface area contributed by atoms with Gasteiger partial charge in [0.15, 0.2) is 18.2 Å². The Labute approximate surface area is 368 Å². The second kappa shape index (κ2) is 16.2. The predicted octanol–water partition coefficient (Wildman–Crippen LogP) is 6.86. The lowest BCUT2D eigenvalue weighted by Gasteiger charge is -2.38. The summed E-state index contributed by atoms with van der Waals surface area (Å²) in [4.78, 5) is 51.0. The van der Waals surface area contributed by atoms with Gasteiger partial charge in [0.25, 0.3) is 5.56 Å². The predicted molar refractivity (Wildman–Crippen MR) is 229 cm³/mol. The van der Waals surface area contributed by atoms with Crippen LogP contribution in [0.25, 0.3) is 21.8 Å². The largest absolute Gasteiger partial charge is 0.480 e. The molecule has 3 aromatic heterocycles. The van der Waals surface area contributed by atoms with Crippen LogP contribution in [0.15, 0.2) is 29.2 Å². The molecule has 4 fully saturated rings. The number of imide groups is 1. The van der Waals surface area contributed by atoms with Crippen LogP contribution in [0.3, 0.4) is 0 Å². The molecule has 2 unspecified atom stereocenters. The van der Waals surface area contributed by atoms with Gasteiger partial charge in [0.2, 0.25) is 23.5 Å². The van der Waals surface area contributed by atoms with Gasteiger partial charge >= 0.3 is 5.92 Å². The van der Waals surface area contributed by atoms with E-state index in [0.29, 0.717) is 69.1 Å². The number of nitrogens with one attached hydrogen (secondary N) is 3. The maximum atomic E-state index is 16.2. The van der Waals surface area contributed by atoms with Gasteiger partial charge in [-0.05, 0) is 87.9 Å². The Morgan fingerprint density at radius 1 is 0.938 bits per heavy atom. The molecule has 4 aliphatic heterocycles. The van der Waals surface area contributed by atoms with E-state index in [0.717, 1.165) is 19.4 Å². The smallest absolute Gasteiger partial charge is 0.301 e. The van der Waals surface area contributed by atoms with Crippen molar-refractivity contribution in [2.45, 2.75) is 75.2 Å². The number of fused-ring (bicyclic) bond motifs is 4. The highest BCUT2D eigenvalue weighted by atomic mass is 35.5. The maximum absolute atomic E-state index is 16.2. The van der Waals surface area contributed by atoms with Crippen molar-refractivity contribution in [3.05, 3.63) is 68.5 Å². The zero-order chi connectivity index (χ0) is 44.8. The molecule has 3 saturated heterocycles. The van der Waals surface area contributed by atoms with Gasteiger partial charge in [0.1, 0.15) is 22.2 Å². The molecule has 64 heavy (non-hydrogen) atoms. The van der Waals surface area contributed by atoms with Gasteiger partial charge in [-0.25, -0.2) is 26.9 Å². The third-order valence-electron chi connectivity index (χ3n) is 13.7. The highest BCUT2D eigenvalue weighted by Crippen LogP contribution is 2.46. The van der Waals surface area contributed by atoms with Crippen LogP contribution in [0.5, 0.6) is 5.75 Å². The molecule has 2 aromatic carbocycles. The molecule has 10 rings (SSSR count). The first-order valence-corrected chi connectivity index (χ1v) is 22.1. The van der Waals surface area contributed by atoms with E-state index in [-0.39, 0.29) is 86.2 Å². The number of piperidine rings is 3. The molecule has 20 heteroatoms. The molecule has 3 N–H and O–H groups in total. The van der Waals surface area contributed by atoms with Crippen molar-refractivity contribution >= 4 is 68.4 Å². The van der Waals surface area contributed by atoms with Crippen molar-refractivity contribution < 1.29 is 36.3 Å². The second-order valence-corrected chi connectivity index (χ2v) is 18.3. The number of likely N-dealkylation sites (tertiary alicyclic amines) is 1. The van der Waals surface area contributed by atoms with Gasteiger partial charge < -0.3 is 29.7 Å². The van der Waals surface area contributed by atoms with E-state index in [4.69, 9.17) is 16.3 Å². The van der Waals surface area contributed by atoms with Crippen molar-refractivity contribution in [2.24, 2.45) is 25.9 Å². The highest BCUT2D eigenvalue weighted by Gasteiger charge is 2.51. The van der Waals surface area contributed by atoms with Gasteiger partial charge in [-0.1, -0.05) is 11.6 Å². The fourth-order valence-electron chi connectivity index (χ4n) is 10.1. The number of nitrogens with zero attached hydrogens (tertiary/aromatic N) is 7. The number of aromatic nitrogens is 5. The monoisotopic (exact) mass is 908 g/mol. The highest BCUT2D eigenvalue weighted by molar-refractivity contribution is 6.33. The van der Waals surface area contributed by atoms with E-state index in [9.17, 15) is 14.4 Å². The minimum Gasteiger partial charge on any atom is -0.480 e. The Morgan fingerprint density at radius 3 is 2.41 bits per heavy atom. The van der Waals surface area contributed by atoms with E-state index >= 15 is 22.0 Å². The van der Waals surface area contributed by atoms with Gasteiger partial charge in [0.05, 0.1) is 40.7 Å². The van der Waals surface area contributed by atoms with Gasteiger partial charge in [0, 0.05) is 62.6 Å². The number of ether oxygens (including phenoxy) is 1. The minimum atomic E-state index is -3.23. The SMILES string of the molecule is Cn1nc(C2CCC(=O)NC2=O)c2cc(F)c(C3CCN(CC4CCN(c5ncc(Cl)c(Nc6cc7c8c(c(=O)n(C)c7cc6F)OCC(F)(F)C(C6CC6)N8)n5)CC4)CC3)c(F)c21. The normalized spacial score (nSPS) is 22.3. The molecule has 5 aromatic rings. The third-order valence-corrected chi connectivity index (χ3v) is 14.0. The summed E-state index contributed by atoms with van der Waals surface area (Å²) >= 11 is 6.54. The molecule has 1 saturated carbocycles. The van der Waals surface area contributed by atoms with E-state index in [2.05, 4.69) is 35.9 Å². The Morgan fingerprint density at radius 2 is 1.69 bits per heavy atom. The lowest BCUT2D eigenvalue weighted by Crippen LogP contribution is -2.44. The van der Waals surface area contributed by atoms with E-state index in [1.54, 1.807) is 7.05 Å². The zero-order valence-corrected chi connectivity index (χ0v) is 35.9. The Balaban J connectivity index is 0.787. The summed E-state index contributed by atoms with van der Waals surface area (Å²) in [5, 5.41) is 13.3. The first-order valence-electron chi connectivity index (χ1n) is 21.7. The summed E-state index contributed by atoms with van der Waals surface area (Å²) in [6.45, 7) is 2.51. The fourth-order valence-corrected chi connectivity index (χ4v) is 10.3. The Kier molecular flexibility index (Phi) is 10.7. The molecule has 338 valence electrons. The molecule has 14 nitrogen and oxygen atoms in total. The fraction of sp³-hybridized carbons (Fsp3) is 0.500. The van der Waals surface area contributed by atoms with Crippen LogP contribution in [-0.4, -0.2) is 92.3 Å². The molecule has 0 spiro atoms. The standard InChI is InChI=1S/C44H46ClF5N10O4/c1-57-31-17-28(46)30(16-25(31)36-38(42(57)63)64-20-44(49,50)39(54-36)23-3-4-23)52-40-27(45)18-51-43(55-40)60-13-7-21(8-14-60)19-59-11-9-22(10-12-59)33-29(47)15-26-35(56-58(2)37(26)34(33)48)24-5-6-32(61)53-41(24)62/h15-18,21-24,39,54H,3-14,19-20H2,1-2H3,(H,51,52,55)(H,53,61,62). The summed E-state index contributed by atoms with van der Waals surface area (Å²) < 4.78 is 86.0. The molecule has 2 atom stereocenters. The molecule has 1 aliphatic carbocycles. The van der Waals surface area contributed by atoms with Crippen molar-refractivity contribution in [1.29, 1.82) is 0 Å². The van der Waals surface area contributed by atoms with Crippen LogP contribution in [0.4, 0.5) is 45.1 Å². The number of halogens is 6. The summed E-state index contributed by atoms with van der Waals surface area (Å²) in [6.07, 6.45) is 5.85. The van der Waals surface area contributed by atoms with Crippen LogP contribution in [0, 0.1) is 29.3 Å². The number of aryl methyl sites for hydroxylation is 2. The minimum absolute atomic E-state index is 0.0370. The summed E-state index contributed by atoms with van der Waals surface area (Å²) in [5.74, 6) is -6.89. The number of anilines is 4. The molecule has 5 aliphatic rings. The number of carbonyl (C=O) groups is 2. The second-order valence-electron chi connectivity index (χ2n) is 17.9. The number of pyridine rings is 1. The van der Waals surface area contributed by atoms with Crippen LogP contribution in [0.1, 0.15) is 74.5 Å². The van der Waals surface area contributed by atoms with Crippen molar-refractivity contribution in [3.8, 4) is 5.75 Å². The molecular weight excluding hydrogens is 863 g/mol. The lowest BCUT2D eigenvalue weighted by atomic mass is 9.86. The average molecular weight is 909 g/mol. The first kappa shape index (κ1) is 42.4. The Bertz CT molecular complexity index is 2780. The average Bonchev–Trinajstić information content (AvgIpc) is 4.06. The molecule has 0 radical (unpaired) electrons. The number of carbonyl (C=O) groups excluding carboxylic acids is 2. The molecule has 7 heterocycles. The number of rotatable bonds is 8. The number of amides is 2.